The van der Waals surface area contributed by atoms with Crippen LogP contribution in [0.5, 0.6) is 0 Å². The summed E-state index contributed by atoms with van der Waals surface area (Å²) in [4.78, 5) is 31.2. The lowest BCUT2D eigenvalue weighted by Gasteiger charge is -2.26. The molecule has 2 saturated heterocycles. The minimum Gasteiger partial charge on any atom is -0.298 e. The molecule has 2 aliphatic rings. The molecule has 68 heavy (non-hydrogen) atoms. The molecule has 2 fully saturated rings. The Bertz CT molecular complexity index is 2810. The number of hydrogen-bond donors (Lipinski definition) is 0. The molecule has 12 nitrogen and oxygen atoms in total. The molecule has 16 heteroatoms. The molecule has 4 atom stereocenters. The van der Waals surface area contributed by atoms with Gasteiger partial charge in [-0.25, -0.2) is 26.2 Å². The van der Waals surface area contributed by atoms with Crippen molar-refractivity contribution in [2.45, 2.75) is 115 Å². The summed E-state index contributed by atoms with van der Waals surface area (Å²) in [6, 6.07) is 31.0. The first kappa shape index (κ1) is 51.4. The first-order valence-corrected chi connectivity index (χ1v) is 28.1. The molecule has 2 aromatic heterocycles. The van der Waals surface area contributed by atoms with E-state index in [1.54, 1.807) is 37.1 Å². The summed E-state index contributed by atoms with van der Waals surface area (Å²) in [6.07, 6.45) is 6.46. The molecule has 4 heterocycles. The third-order valence-corrected chi connectivity index (χ3v) is 18.9. The van der Waals surface area contributed by atoms with Gasteiger partial charge in [0, 0.05) is 57.2 Å². The van der Waals surface area contributed by atoms with Gasteiger partial charge in [0.15, 0.2) is 19.7 Å². The van der Waals surface area contributed by atoms with Gasteiger partial charge in [-0.1, -0.05) is 97.7 Å². The van der Waals surface area contributed by atoms with E-state index in [2.05, 4.69) is 9.80 Å². The second-order valence-electron chi connectivity index (χ2n) is 18.3. The summed E-state index contributed by atoms with van der Waals surface area (Å²) in [5, 5.41) is 13.4. The van der Waals surface area contributed by atoms with E-state index in [4.69, 9.17) is 33.4 Å². The first-order chi connectivity index (χ1) is 32.6. The zero-order chi connectivity index (χ0) is 48.6. The van der Waals surface area contributed by atoms with Crippen LogP contribution in [0.25, 0.3) is 21.5 Å². The van der Waals surface area contributed by atoms with Crippen molar-refractivity contribution >= 4 is 64.4 Å². The zero-order valence-electron chi connectivity index (χ0n) is 39.6. The number of sulfone groups is 2. The van der Waals surface area contributed by atoms with Gasteiger partial charge in [-0.2, -0.15) is 10.2 Å². The lowest BCUT2D eigenvalue weighted by atomic mass is 10.0. The number of hydrogen-bond acceptors (Lipinski definition) is 10. The lowest BCUT2D eigenvalue weighted by molar-refractivity contribution is 0.222. The molecule has 0 radical (unpaired) electrons. The first-order valence-electron chi connectivity index (χ1n) is 23.9. The molecule has 364 valence electrons. The fourth-order valence-electron chi connectivity index (χ4n) is 9.53. The predicted molar refractivity (Wildman–Crippen MR) is 277 cm³/mol. The summed E-state index contributed by atoms with van der Waals surface area (Å²) in [5.74, 6) is 0.342. The predicted octanol–water partition coefficient (Wildman–Crippen LogP) is 8.64. The van der Waals surface area contributed by atoms with Crippen LogP contribution in [-0.4, -0.2) is 106 Å². The van der Waals surface area contributed by atoms with E-state index in [1.165, 1.54) is 0 Å². The number of nitrogens with zero attached hydrogens (tertiary/aromatic N) is 6. The molecule has 0 unspecified atom stereocenters. The van der Waals surface area contributed by atoms with E-state index >= 15 is 0 Å². The van der Waals surface area contributed by atoms with Crippen LogP contribution in [0.3, 0.4) is 0 Å². The van der Waals surface area contributed by atoms with Gasteiger partial charge in [0.2, 0.25) is 0 Å². The molecular weight excluding hydrogens is 940 g/mol. The van der Waals surface area contributed by atoms with Crippen LogP contribution >= 0.6 is 23.2 Å². The average molecular weight is 1000 g/mol. The summed E-state index contributed by atoms with van der Waals surface area (Å²) in [6.45, 7) is 11.3. The van der Waals surface area contributed by atoms with E-state index in [-0.39, 0.29) is 45.2 Å². The highest BCUT2D eigenvalue weighted by Crippen LogP contribution is 2.25. The number of benzene rings is 4. The van der Waals surface area contributed by atoms with Gasteiger partial charge in [-0.15, -0.1) is 0 Å². The smallest absolute Gasteiger partial charge is 0.274 e. The third-order valence-electron chi connectivity index (χ3n) is 13.9. The second-order valence-corrected chi connectivity index (χ2v) is 24.6. The van der Waals surface area contributed by atoms with Crippen LogP contribution in [0, 0.1) is 0 Å². The number of aromatic nitrogens is 4. The van der Waals surface area contributed by atoms with Crippen molar-refractivity contribution < 1.29 is 16.8 Å². The highest BCUT2D eigenvalue weighted by atomic mass is 35.5. The summed E-state index contributed by atoms with van der Waals surface area (Å²) in [5.41, 5.74) is 3.74. The Kier molecular flexibility index (Phi) is 17.4. The number of likely N-dealkylation sites (tertiary alicyclic amines) is 2. The van der Waals surface area contributed by atoms with Crippen molar-refractivity contribution in [1.82, 2.24) is 29.4 Å². The largest absolute Gasteiger partial charge is 0.298 e. The van der Waals surface area contributed by atoms with Crippen molar-refractivity contribution in [3.8, 4) is 0 Å². The van der Waals surface area contributed by atoms with E-state index in [1.807, 2.05) is 97.1 Å². The maximum Gasteiger partial charge on any atom is 0.274 e. The maximum absolute atomic E-state index is 13.3. The van der Waals surface area contributed by atoms with Crippen LogP contribution < -0.4 is 11.1 Å². The SMILES string of the molecule is CCS(=O)(=O)[C@@H](C)CCN1CCC[C@@H]1Cn1nc(Cc2ccc(Cl)cc2)c2ccccc2c1=O.CCS(=O)(=O)[C@H](C)CCN1CCC[C@@H]1Cn1nc(Cc2ccc(Cl)cc2)c2ccccc2c1=O. The lowest BCUT2D eigenvalue weighted by Crippen LogP contribution is -2.39. The normalized spacial score (nSPS) is 17.9. The third kappa shape index (κ3) is 12.7. The van der Waals surface area contributed by atoms with Crippen molar-refractivity contribution in [2.75, 3.05) is 37.7 Å². The van der Waals surface area contributed by atoms with Crippen LogP contribution in [0.1, 0.15) is 88.7 Å². The topological polar surface area (TPSA) is 145 Å². The molecule has 0 bridgehead atoms. The van der Waals surface area contributed by atoms with Crippen LogP contribution in [0.2, 0.25) is 10.0 Å². The highest BCUT2D eigenvalue weighted by molar-refractivity contribution is 7.92. The number of fused-ring (bicyclic) bond motifs is 2. The molecule has 2 aliphatic heterocycles. The van der Waals surface area contributed by atoms with Gasteiger partial charge in [0.1, 0.15) is 0 Å². The Morgan fingerprint density at radius 2 is 0.912 bits per heavy atom. The van der Waals surface area contributed by atoms with Gasteiger partial charge < -0.3 is 0 Å². The van der Waals surface area contributed by atoms with Gasteiger partial charge in [0.25, 0.3) is 11.1 Å². The van der Waals surface area contributed by atoms with Gasteiger partial charge in [-0.3, -0.25) is 19.4 Å². The molecular formula is C52H64Cl2N6O6S2. The second kappa shape index (κ2) is 23.0. The van der Waals surface area contributed by atoms with E-state index in [0.29, 0.717) is 72.7 Å². The Morgan fingerprint density at radius 3 is 1.26 bits per heavy atom. The molecule has 0 amide bonds. The van der Waals surface area contributed by atoms with E-state index < -0.39 is 19.7 Å². The minimum absolute atomic E-state index is 0.0794. The summed E-state index contributed by atoms with van der Waals surface area (Å²) in [7, 11) is -6.08. The molecule has 0 spiro atoms. The van der Waals surface area contributed by atoms with Crippen LogP contribution in [0.4, 0.5) is 0 Å². The molecule has 0 N–H and O–H groups in total. The Labute approximate surface area is 411 Å². The average Bonchev–Trinajstić information content (AvgIpc) is 4.00. The zero-order valence-corrected chi connectivity index (χ0v) is 42.7. The Balaban J connectivity index is 0.000000201. The number of rotatable bonds is 18. The maximum atomic E-state index is 13.3. The molecule has 6 aromatic rings. The van der Waals surface area contributed by atoms with Gasteiger partial charge >= 0.3 is 0 Å². The van der Waals surface area contributed by atoms with Gasteiger partial charge in [-0.05, 0) is 126 Å². The minimum atomic E-state index is -3.04. The van der Waals surface area contributed by atoms with Crippen LogP contribution in [0.15, 0.2) is 107 Å². The molecule has 0 saturated carbocycles. The Hall–Kier alpha value is -4.44. The van der Waals surface area contributed by atoms with Crippen molar-refractivity contribution in [3.05, 3.63) is 150 Å². The Morgan fingerprint density at radius 1 is 0.559 bits per heavy atom. The highest BCUT2D eigenvalue weighted by Gasteiger charge is 2.30. The fourth-order valence-corrected chi connectivity index (χ4v) is 11.8. The fraction of sp³-hybridized carbons (Fsp3) is 0.462. The van der Waals surface area contributed by atoms with Crippen molar-refractivity contribution in [3.63, 3.8) is 0 Å². The standard InChI is InChI=1S/2C26H32ClN3O3S/c2*1-3-34(32,33)19(2)14-16-29-15-6-7-22(29)18-30-26(31)24-9-5-4-8-23(24)25(28-30)17-20-10-12-21(27)13-11-20/h2*4-5,8-13,19,22H,3,6-7,14-18H2,1-2H3/t19-,22+;19-,22-/m01/s1. The van der Waals surface area contributed by atoms with E-state index in [0.717, 1.165) is 72.1 Å². The molecule has 8 rings (SSSR count). The quantitative estimate of drug-likeness (QED) is 0.0821. The molecule has 4 aromatic carbocycles. The summed E-state index contributed by atoms with van der Waals surface area (Å²) < 4.78 is 51.9. The van der Waals surface area contributed by atoms with Gasteiger partial charge in [0.05, 0.1) is 45.7 Å². The van der Waals surface area contributed by atoms with Crippen molar-refractivity contribution in [1.29, 1.82) is 0 Å². The molecule has 0 aliphatic carbocycles. The number of halogens is 2. The van der Waals surface area contributed by atoms with E-state index in [9.17, 15) is 26.4 Å². The van der Waals surface area contributed by atoms with Crippen molar-refractivity contribution in [2.24, 2.45) is 0 Å². The monoisotopic (exact) mass is 1000 g/mol. The van der Waals surface area contributed by atoms with Crippen LogP contribution in [-0.2, 0) is 45.6 Å². The summed E-state index contributed by atoms with van der Waals surface area (Å²) >= 11 is 12.1.